The van der Waals surface area contributed by atoms with E-state index in [1.54, 1.807) is 11.0 Å². The number of aromatic hydroxyl groups is 1. The minimum absolute atomic E-state index is 0.00924. The lowest BCUT2D eigenvalue weighted by molar-refractivity contribution is -0.145. The topological polar surface area (TPSA) is 60.9 Å². The number of benzene rings is 2. The average molecular weight is 378 g/mol. The Morgan fingerprint density at radius 2 is 1.93 bits per heavy atom. The summed E-state index contributed by atoms with van der Waals surface area (Å²) in [6.45, 7) is 2.78. The smallest absolute Gasteiger partial charge is 0.258 e. The van der Waals surface area contributed by atoms with E-state index < -0.39 is 5.41 Å². The molecule has 146 valence electrons. The fraction of sp³-hybridized carbons (Fsp3) is 0.478. The van der Waals surface area contributed by atoms with E-state index in [2.05, 4.69) is 0 Å². The lowest BCUT2D eigenvalue weighted by atomic mass is 9.78. The van der Waals surface area contributed by atoms with Crippen LogP contribution >= 0.6 is 0 Å². The van der Waals surface area contributed by atoms with E-state index in [1.165, 1.54) is 12.8 Å². The number of rotatable bonds is 3. The minimum Gasteiger partial charge on any atom is -0.507 e. The molecule has 1 atom stereocenters. The van der Waals surface area contributed by atoms with Crippen LogP contribution in [-0.4, -0.2) is 52.9 Å². The summed E-state index contributed by atoms with van der Waals surface area (Å²) in [5.41, 5.74) is -0.0727. The Morgan fingerprint density at radius 1 is 1.11 bits per heavy atom. The number of phenolic OH excluding ortho intramolecular Hbond substituents is 1. The molecule has 1 saturated carbocycles. The number of hydrogen-bond acceptors (Lipinski definition) is 3. The predicted molar refractivity (Wildman–Crippen MR) is 107 cm³/mol. The first-order valence-corrected chi connectivity index (χ1v) is 10.4. The van der Waals surface area contributed by atoms with Gasteiger partial charge in [-0.2, -0.15) is 0 Å². The summed E-state index contributed by atoms with van der Waals surface area (Å²) < 4.78 is 0. The van der Waals surface area contributed by atoms with Crippen LogP contribution in [0.15, 0.2) is 36.4 Å². The number of nitrogens with zero attached hydrogens (tertiary/aromatic N) is 2. The third-order valence-corrected chi connectivity index (χ3v) is 6.76. The van der Waals surface area contributed by atoms with Crippen molar-refractivity contribution in [2.24, 2.45) is 11.3 Å². The van der Waals surface area contributed by atoms with Crippen LogP contribution in [0.2, 0.25) is 0 Å². The van der Waals surface area contributed by atoms with Crippen molar-refractivity contribution in [1.82, 2.24) is 9.80 Å². The number of amides is 2. The van der Waals surface area contributed by atoms with Crippen LogP contribution in [0.3, 0.4) is 0 Å². The van der Waals surface area contributed by atoms with Gasteiger partial charge in [0, 0.05) is 26.2 Å². The van der Waals surface area contributed by atoms with Crippen molar-refractivity contribution in [3.05, 3.63) is 42.0 Å². The minimum atomic E-state index is -0.428. The number of likely N-dealkylation sites (tertiary alicyclic amines) is 2. The summed E-state index contributed by atoms with van der Waals surface area (Å²) in [6, 6.07) is 11.0. The molecule has 5 heteroatoms. The Labute approximate surface area is 164 Å². The zero-order chi connectivity index (χ0) is 19.3. The van der Waals surface area contributed by atoms with Crippen molar-refractivity contribution < 1.29 is 14.7 Å². The molecule has 1 N–H and O–H groups in total. The Kier molecular flexibility index (Phi) is 4.07. The lowest BCUT2D eigenvalue weighted by Crippen LogP contribution is -2.50. The molecule has 2 heterocycles. The molecule has 2 aromatic rings. The van der Waals surface area contributed by atoms with Gasteiger partial charge in [-0.05, 0) is 54.9 Å². The van der Waals surface area contributed by atoms with E-state index in [4.69, 9.17) is 0 Å². The first-order valence-electron chi connectivity index (χ1n) is 10.4. The monoisotopic (exact) mass is 378 g/mol. The maximum absolute atomic E-state index is 13.3. The Morgan fingerprint density at radius 3 is 2.75 bits per heavy atom. The molecule has 28 heavy (non-hydrogen) atoms. The Balaban J connectivity index is 1.41. The maximum Gasteiger partial charge on any atom is 0.258 e. The van der Waals surface area contributed by atoms with Gasteiger partial charge in [0.1, 0.15) is 5.75 Å². The van der Waals surface area contributed by atoms with E-state index in [0.29, 0.717) is 24.6 Å². The van der Waals surface area contributed by atoms with Crippen LogP contribution in [0.1, 0.15) is 42.5 Å². The van der Waals surface area contributed by atoms with E-state index >= 15 is 0 Å². The molecule has 0 aromatic heterocycles. The second-order valence-electron chi connectivity index (χ2n) is 8.74. The van der Waals surface area contributed by atoms with Crippen LogP contribution in [0, 0.1) is 11.3 Å². The van der Waals surface area contributed by atoms with Crippen molar-refractivity contribution in [3.8, 4) is 5.75 Å². The van der Waals surface area contributed by atoms with E-state index in [0.717, 1.165) is 43.1 Å². The van der Waals surface area contributed by atoms with Crippen molar-refractivity contribution in [2.75, 3.05) is 26.2 Å². The molecule has 0 bridgehead atoms. The fourth-order valence-corrected chi connectivity index (χ4v) is 5.01. The molecule has 5 nitrogen and oxygen atoms in total. The number of carbonyl (C=O) groups is 2. The van der Waals surface area contributed by atoms with E-state index in [1.807, 2.05) is 35.2 Å². The molecule has 5 rings (SSSR count). The maximum atomic E-state index is 13.3. The number of piperidine rings is 1. The Bertz CT molecular complexity index is 952. The summed E-state index contributed by atoms with van der Waals surface area (Å²) in [7, 11) is 0. The molecule has 0 unspecified atom stereocenters. The molecule has 1 aliphatic carbocycles. The van der Waals surface area contributed by atoms with Gasteiger partial charge in [0.15, 0.2) is 0 Å². The van der Waals surface area contributed by atoms with E-state index in [9.17, 15) is 14.7 Å². The molecule has 2 saturated heterocycles. The number of hydrogen-bond donors (Lipinski definition) is 1. The Hall–Kier alpha value is -2.56. The number of carbonyl (C=O) groups excluding carboxylic acids is 2. The fourth-order valence-electron chi connectivity index (χ4n) is 5.01. The molecule has 2 aliphatic heterocycles. The highest BCUT2D eigenvalue weighted by atomic mass is 16.3. The molecule has 0 radical (unpaired) electrons. The van der Waals surface area contributed by atoms with Crippen LogP contribution in [0.4, 0.5) is 0 Å². The van der Waals surface area contributed by atoms with Crippen LogP contribution < -0.4 is 0 Å². The van der Waals surface area contributed by atoms with Gasteiger partial charge in [-0.25, -0.2) is 0 Å². The summed E-state index contributed by atoms with van der Waals surface area (Å²) in [6.07, 6.45) is 5.08. The molecule has 2 aromatic carbocycles. The second kappa shape index (κ2) is 6.50. The van der Waals surface area contributed by atoms with Gasteiger partial charge in [0.2, 0.25) is 5.91 Å². The highest BCUT2D eigenvalue weighted by molar-refractivity contribution is 6.09. The van der Waals surface area contributed by atoms with Gasteiger partial charge in [-0.3, -0.25) is 9.59 Å². The summed E-state index contributed by atoms with van der Waals surface area (Å²) in [5, 5.41) is 12.1. The van der Waals surface area contributed by atoms with Crippen LogP contribution in [0.5, 0.6) is 5.75 Å². The molecule has 2 amide bonds. The predicted octanol–water partition coefficient (Wildman–Crippen LogP) is 3.41. The molecule has 3 fully saturated rings. The van der Waals surface area contributed by atoms with Gasteiger partial charge in [0.05, 0.1) is 11.0 Å². The normalized spacial score (nSPS) is 25.1. The summed E-state index contributed by atoms with van der Waals surface area (Å²) in [5.74, 6) is 0.766. The van der Waals surface area contributed by atoms with Crippen molar-refractivity contribution >= 4 is 22.6 Å². The zero-order valence-corrected chi connectivity index (χ0v) is 16.1. The molecule has 3 aliphatic rings. The third kappa shape index (κ3) is 2.84. The van der Waals surface area contributed by atoms with Gasteiger partial charge in [-0.15, -0.1) is 0 Å². The zero-order valence-electron chi connectivity index (χ0n) is 16.1. The average Bonchev–Trinajstić information content (AvgIpc) is 3.42. The SMILES string of the molecule is O=C(c1c(O)ccc2ccccc12)N1CC[C@]2(CCCN(CC3CC3)C2=O)C1. The van der Waals surface area contributed by atoms with Crippen molar-refractivity contribution in [3.63, 3.8) is 0 Å². The highest BCUT2D eigenvalue weighted by Crippen LogP contribution is 2.42. The van der Waals surface area contributed by atoms with Crippen molar-refractivity contribution in [2.45, 2.75) is 32.1 Å². The van der Waals surface area contributed by atoms with Crippen molar-refractivity contribution in [1.29, 1.82) is 0 Å². The van der Waals surface area contributed by atoms with E-state index in [-0.39, 0.29) is 17.6 Å². The van der Waals surface area contributed by atoms with Crippen LogP contribution in [-0.2, 0) is 4.79 Å². The van der Waals surface area contributed by atoms with Gasteiger partial charge in [0.25, 0.3) is 5.91 Å². The lowest BCUT2D eigenvalue weighted by Gasteiger charge is -2.39. The van der Waals surface area contributed by atoms with Gasteiger partial charge in [-0.1, -0.05) is 30.3 Å². The quantitative estimate of drug-likeness (QED) is 0.890. The summed E-state index contributed by atoms with van der Waals surface area (Å²) in [4.78, 5) is 30.4. The third-order valence-electron chi connectivity index (χ3n) is 6.76. The first-order chi connectivity index (χ1) is 13.6. The highest BCUT2D eigenvalue weighted by Gasteiger charge is 2.50. The van der Waals surface area contributed by atoms with Gasteiger partial charge >= 0.3 is 0 Å². The van der Waals surface area contributed by atoms with Crippen LogP contribution in [0.25, 0.3) is 10.8 Å². The van der Waals surface area contributed by atoms with Gasteiger partial charge < -0.3 is 14.9 Å². The number of fused-ring (bicyclic) bond motifs is 1. The standard InChI is InChI=1S/C23H26N2O3/c26-19-9-8-17-4-1-2-5-18(17)20(19)21(27)25-13-11-23(15-25)10-3-12-24(22(23)28)14-16-6-7-16/h1-2,4-5,8-9,16,26H,3,6-7,10-15H2/t23-/m1/s1. The molecular weight excluding hydrogens is 352 g/mol. The number of phenols is 1. The molecular formula is C23H26N2O3. The first kappa shape index (κ1) is 17.5. The largest absolute Gasteiger partial charge is 0.507 e. The summed E-state index contributed by atoms with van der Waals surface area (Å²) >= 11 is 0. The molecule has 1 spiro atoms. The second-order valence-corrected chi connectivity index (χ2v) is 8.74.